The van der Waals surface area contributed by atoms with E-state index in [0.29, 0.717) is 10.0 Å². The lowest BCUT2D eigenvalue weighted by Crippen LogP contribution is -2.13. The average Bonchev–Trinajstić information content (AvgIpc) is 2.40. The van der Waals surface area contributed by atoms with Crippen molar-refractivity contribution in [2.24, 2.45) is 0 Å². The highest BCUT2D eigenvalue weighted by atomic mass is 127. The first-order valence-electron chi connectivity index (χ1n) is 5.45. The molecule has 1 aromatic carbocycles. The van der Waals surface area contributed by atoms with Crippen molar-refractivity contribution in [3.8, 4) is 0 Å². The molecule has 0 bridgehead atoms. The Morgan fingerprint density at radius 1 is 1.20 bits per heavy atom. The van der Waals surface area contributed by atoms with Gasteiger partial charge in [-0.05, 0) is 46.9 Å². The molecule has 2 nitrogen and oxygen atoms in total. The van der Waals surface area contributed by atoms with Crippen LogP contribution >= 0.6 is 38.5 Å². The predicted octanol–water partition coefficient (Wildman–Crippen LogP) is 4.55. The third-order valence-corrected chi connectivity index (χ3v) is 4.10. The number of alkyl halides is 3. The molecule has 0 spiro atoms. The van der Waals surface area contributed by atoms with Gasteiger partial charge in [0.15, 0.2) is 0 Å². The Balaban J connectivity index is 2.54. The van der Waals surface area contributed by atoms with Crippen LogP contribution < -0.4 is 0 Å². The zero-order valence-electron chi connectivity index (χ0n) is 9.83. The Morgan fingerprint density at radius 3 is 2.55 bits per heavy atom. The van der Waals surface area contributed by atoms with E-state index >= 15 is 0 Å². The smallest absolute Gasteiger partial charge is 0.384 e. The summed E-state index contributed by atoms with van der Waals surface area (Å²) in [5.41, 5.74) is -0.774. The van der Waals surface area contributed by atoms with Crippen molar-refractivity contribution in [1.29, 1.82) is 0 Å². The fourth-order valence-corrected chi connectivity index (χ4v) is 2.75. The summed E-state index contributed by atoms with van der Waals surface area (Å²) >= 11 is 5.27. The predicted molar refractivity (Wildman–Crippen MR) is 80.2 cm³/mol. The van der Waals surface area contributed by atoms with Crippen molar-refractivity contribution in [2.45, 2.75) is 12.3 Å². The fourth-order valence-electron chi connectivity index (χ4n) is 1.77. The van der Waals surface area contributed by atoms with Gasteiger partial charge in [-0.1, -0.05) is 15.9 Å². The Hall–Kier alpha value is -0.670. The first-order chi connectivity index (χ1) is 9.30. The molecule has 1 heterocycles. The first kappa shape index (κ1) is 15.7. The van der Waals surface area contributed by atoms with Gasteiger partial charge in [0.2, 0.25) is 0 Å². The molecule has 0 saturated carbocycles. The van der Waals surface area contributed by atoms with E-state index in [9.17, 15) is 18.3 Å². The summed E-state index contributed by atoms with van der Waals surface area (Å²) in [6.07, 6.45) is -3.83. The summed E-state index contributed by atoms with van der Waals surface area (Å²) in [6, 6.07) is 5.96. The van der Waals surface area contributed by atoms with E-state index < -0.39 is 17.8 Å². The molecule has 106 valence electrons. The molecule has 0 radical (unpaired) electrons. The second-order valence-electron chi connectivity index (χ2n) is 4.03. The van der Waals surface area contributed by atoms with Gasteiger partial charge in [0, 0.05) is 31.6 Å². The van der Waals surface area contributed by atoms with E-state index in [1.807, 2.05) is 22.6 Å². The molecule has 1 atom stereocenters. The van der Waals surface area contributed by atoms with Crippen LogP contribution in [0.25, 0.3) is 0 Å². The van der Waals surface area contributed by atoms with Crippen molar-refractivity contribution < 1.29 is 18.3 Å². The molecule has 0 aliphatic carbocycles. The Labute approximate surface area is 135 Å². The standard InChI is InChI=1S/C13H8BrF3INO/c14-11-2-1-7(18)5-8(11)12(20)9-6-19-4-3-10(9)13(15,16)17/h1-6,12,20H. The van der Waals surface area contributed by atoms with Crippen LogP contribution in [-0.2, 0) is 6.18 Å². The van der Waals surface area contributed by atoms with Gasteiger partial charge in [-0.25, -0.2) is 0 Å². The minimum absolute atomic E-state index is 0.261. The van der Waals surface area contributed by atoms with Gasteiger partial charge in [-0.15, -0.1) is 0 Å². The van der Waals surface area contributed by atoms with Crippen molar-refractivity contribution in [3.63, 3.8) is 0 Å². The van der Waals surface area contributed by atoms with Crippen LogP contribution in [0.3, 0.4) is 0 Å². The van der Waals surface area contributed by atoms with Crippen LogP contribution in [-0.4, -0.2) is 10.1 Å². The number of halogens is 5. The maximum atomic E-state index is 13.0. The lowest BCUT2D eigenvalue weighted by molar-refractivity contribution is -0.139. The Bertz CT molecular complexity index is 633. The highest BCUT2D eigenvalue weighted by Crippen LogP contribution is 2.37. The summed E-state index contributed by atoms with van der Waals surface area (Å²) in [4.78, 5) is 3.68. The number of hydrogen-bond donors (Lipinski definition) is 1. The van der Waals surface area contributed by atoms with Crippen molar-refractivity contribution in [2.75, 3.05) is 0 Å². The van der Waals surface area contributed by atoms with Crippen LogP contribution in [0.2, 0.25) is 0 Å². The number of pyridine rings is 1. The number of rotatable bonds is 2. The normalized spacial score (nSPS) is 13.3. The summed E-state index contributed by atoms with van der Waals surface area (Å²) < 4.78 is 40.2. The SMILES string of the molecule is OC(c1cc(I)ccc1Br)c1cnccc1C(F)(F)F. The zero-order valence-corrected chi connectivity index (χ0v) is 13.6. The minimum Gasteiger partial charge on any atom is -0.384 e. The van der Waals surface area contributed by atoms with Gasteiger partial charge in [0.25, 0.3) is 0 Å². The number of aromatic nitrogens is 1. The van der Waals surface area contributed by atoms with Crippen molar-refractivity contribution >= 4 is 38.5 Å². The van der Waals surface area contributed by atoms with Gasteiger partial charge < -0.3 is 5.11 Å². The van der Waals surface area contributed by atoms with Crippen molar-refractivity contribution in [1.82, 2.24) is 4.98 Å². The third-order valence-electron chi connectivity index (χ3n) is 2.70. The molecule has 7 heteroatoms. The molecule has 2 rings (SSSR count). The topological polar surface area (TPSA) is 33.1 Å². The molecule has 0 fully saturated rings. The molecule has 1 aromatic heterocycles. The second-order valence-corrected chi connectivity index (χ2v) is 6.13. The van der Waals surface area contributed by atoms with Crippen LogP contribution in [0, 0.1) is 3.57 Å². The molecule has 0 aliphatic heterocycles. The van der Waals surface area contributed by atoms with E-state index in [0.717, 1.165) is 22.0 Å². The van der Waals surface area contributed by atoms with Crippen LogP contribution in [0.5, 0.6) is 0 Å². The summed E-state index contributed by atoms with van der Waals surface area (Å²) in [6.45, 7) is 0. The fraction of sp³-hybridized carbons (Fsp3) is 0.154. The van der Waals surface area contributed by atoms with E-state index in [1.165, 1.54) is 0 Å². The summed E-state index contributed by atoms with van der Waals surface area (Å²) in [5.74, 6) is 0. The molecule has 20 heavy (non-hydrogen) atoms. The summed E-state index contributed by atoms with van der Waals surface area (Å²) in [5, 5.41) is 10.3. The van der Waals surface area contributed by atoms with E-state index in [1.54, 1.807) is 18.2 Å². The van der Waals surface area contributed by atoms with Crippen LogP contribution in [0.4, 0.5) is 13.2 Å². The third kappa shape index (κ3) is 3.32. The molecule has 0 amide bonds. The number of hydrogen-bond acceptors (Lipinski definition) is 2. The highest BCUT2D eigenvalue weighted by molar-refractivity contribution is 14.1. The zero-order chi connectivity index (χ0) is 14.9. The average molecular weight is 458 g/mol. The highest BCUT2D eigenvalue weighted by Gasteiger charge is 2.35. The maximum Gasteiger partial charge on any atom is 0.416 e. The molecule has 1 unspecified atom stereocenters. The quantitative estimate of drug-likeness (QED) is 0.671. The van der Waals surface area contributed by atoms with Gasteiger partial charge in [0.1, 0.15) is 6.10 Å². The van der Waals surface area contributed by atoms with Gasteiger partial charge in [-0.3, -0.25) is 4.98 Å². The van der Waals surface area contributed by atoms with E-state index in [2.05, 4.69) is 20.9 Å². The molecule has 0 aliphatic rings. The molecule has 2 aromatic rings. The lowest BCUT2D eigenvalue weighted by atomic mass is 9.98. The maximum absolute atomic E-state index is 13.0. The van der Waals surface area contributed by atoms with Crippen LogP contribution in [0.15, 0.2) is 41.1 Å². The van der Waals surface area contributed by atoms with Gasteiger partial charge in [0.05, 0.1) is 5.56 Å². The van der Waals surface area contributed by atoms with Gasteiger partial charge in [-0.2, -0.15) is 13.2 Å². The van der Waals surface area contributed by atoms with E-state index in [4.69, 9.17) is 0 Å². The number of aliphatic hydroxyl groups is 1. The number of nitrogens with zero attached hydrogens (tertiary/aromatic N) is 1. The second kappa shape index (κ2) is 5.98. The monoisotopic (exact) mass is 457 g/mol. The Morgan fingerprint density at radius 2 is 1.90 bits per heavy atom. The minimum atomic E-state index is -4.53. The van der Waals surface area contributed by atoms with Gasteiger partial charge >= 0.3 is 6.18 Å². The van der Waals surface area contributed by atoms with E-state index in [-0.39, 0.29) is 5.56 Å². The summed E-state index contributed by atoms with van der Waals surface area (Å²) in [7, 11) is 0. The lowest BCUT2D eigenvalue weighted by Gasteiger charge is -2.18. The first-order valence-corrected chi connectivity index (χ1v) is 7.32. The molecular weight excluding hydrogens is 450 g/mol. The molecule has 1 N–H and O–H groups in total. The largest absolute Gasteiger partial charge is 0.416 e. The molecular formula is C13H8BrF3INO. The number of aliphatic hydroxyl groups excluding tert-OH is 1. The Kier molecular flexibility index (Phi) is 4.70. The van der Waals surface area contributed by atoms with Crippen molar-refractivity contribution in [3.05, 3.63) is 61.4 Å². The van der Waals surface area contributed by atoms with Crippen LogP contribution in [0.1, 0.15) is 22.8 Å². The molecule has 0 saturated heterocycles. The number of benzene rings is 1.